The van der Waals surface area contributed by atoms with Gasteiger partial charge in [0.25, 0.3) is 0 Å². The van der Waals surface area contributed by atoms with Crippen molar-refractivity contribution in [2.24, 2.45) is 17.8 Å². The van der Waals surface area contributed by atoms with Crippen LogP contribution in [0.3, 0.4) is 0 Å². The van der Waals surface area contributed by atoms with Gasteiger partial charge in [0, 0.05) is 50.2 Å². The van der Waals surface area contributed by atoms with E-state index in [1.54, 1.807) is 6.20 Å². The normalized spacial score (nSPS) is 24.4. The summed E-state index contributed by atoms with van der Waals surface area (Å²) in [6, 6.07) is 12.3. The van der Waals surface area contributed by atoms with Crippen molar-refractivity contribution in [1.29, 1.82) is 0 Å². The average molecular weight is 559 g/mol. The Morgan fingerprint density at radius 1 is 0.975 bits per heavy atom. The number of halogens is 1. The van der Waals surface area contributed by atoms with Gasteiger partial charge in [-0.15, -0.1) is 0 Å². The number of fused-ring (bicyclic) bond motifs is 4. The third kappa shape index (κ3) is 4.60. The van der Waals surface area contributed by atoms with Crippen LogP contribution in [0.15, 0.2) is 48.8 Å². The van der Waals surface area contributed by atoms with E-state index in [0.29, 0.717) is 39.4 Å². The number of anilines is 3. The van der Waals surface area contributed by atoms with Crippen molar-refractivity contribution in [2.45, 2.75) is 31.7 Å². The number of H-pyrrole nitrogens is 1. The Balaban J connectivity index is 1.24. The minimum absolute atomic E-state index is 0.160. The Kier molecular flexibility index (Phi) is 6.42. The maximum Gasteiger partial charge on any atom is 0.308 e. The summed E-state index contributed by atoms with van der Waals surface area (Å²) >= 11 is 6.18. The smallest absolute Gasteiger partial charge is 0.308 e. The minimum atomic E-state index is -0.722. The molecule has 2 bridgehead atoms. The van der Waals surface area contributed by atoms with Crippen LogP contribution in [0.1, 0.15) is 25.7 Å². The molecular formula is C29H31ClN8O2. The number of para-hydroxylation sites is 1. The number of nitrogens with zero attached hydrogens (tertiary/aromatic N) is 6. The molecule has 206 valence electrons. The van der Waals surface area contributed by atoms with E-state index in [9.17, 15) is 9.90 Å². The second-order valence-electron chi connectivity index (χ2n) is 11.0. The van der Waals surface area contributed by atoms with Crippen LogP contribution < -0.4 is 15.1 Å². The van der Waals surface area contributed by atoms with Gasteiger partial charge in [-0.3, -0.25) is 4.79 Å². The maximum atomic E-state index is 12.3. The van der Waals surface area contributed by atoms with Gasteiger partial charge in [0.05, 0.1) is 17.7 Å². The van der Waals surface area contributed by atoms with Crippen molar-refractivity contribution in [1.82, 2.24) is 24.9 Å². The summed E-state index contributed by atoms with van der Waals surface area (Å²) in [7, 11) is 0. The lowest BCUT2D eigenvalue weighted by atomic mass is 9.61. The lowest BCUT2D eigenvalue weighted by Crippen LogP contribution is -2.51. The molecule has 8 rings (SSSR count). The number of aromatic nitrogens is 5. The number of carbonyl (C=O) groups is 1. The number of hydrogen-bond acceptors (Lipinski definition) is 8. The van der Waals surface area contributed by atoms with Gasteiger partial charge in [-0.05, 0) is 49.7 Å². The lowest BCUT2D eigenvalue weighted by Gasteiger charge is -2.47. The van der Waals surface area contributed by atoms with E-state index in [2.05, 4.69) is 54.3 Å². The second-order valence-corrected chi connectivity index (χ2v) is 11.4. The highest BCUT2D eigenvalue weighted by molar-refractivity contribution is 6.29. The number of benzene rings is 1. The van der Waals surface area contributed by atoms with Crippen LogP contribution in [-0.2, 0) is 4.79 Å². The Hall–Kier alpha value is -3.92. The van der Waals surface area contributed by atoms with Crippen molar-refractivity contribution in [3.8, 4) is 11.4 Å². The third-order valence-corrected chi connectivity index (χ3v) is 9.03. The number of hydrogen-bond donors (Lipinski definition) is 3. The molecular weight excluding hydrogens is 528 g/mol. The molecule has 4 aromatic rings. The zero-order valence-corrected chi connectivity index (χ0v) is 22.8. The molecule has 0 amide bonds. The van der Waals surface area contributed by atoms with Gasteiger partial charge in [0.1, 0.15) is 22.3 Å². The molecule has 3 N–H and O–H groups in total. The largest absolute Gasteiger partial charge is 0.481 e. The molecule has 1 saturated heterocycles. The first-order valence-electron chi connectivity index (χ1n) is 14.0. The summed E-state index contributed by atoms with van der Waals surface area (Å²) < 4.78 is 0. The molecule has 1 aromatic carbocycles. The van der Waals surface area contributed by atoms with Gasteiger partial charge in [0.15, 0.2) is 11.5 Å². The molecule has 1 unspecified atom stereocenters. The lowest BCUT2D eigenvalue weighted by molar-refractivity contribution is -0.148. The molecule has 40 heavy (non-hydrogen) atoms. The molecule has 4 heterocycles. The summed E-state index contributed by atoms with van der Waals surface area (Å²) in [5.41, 5.74) is 3.13. The molecule has 0 radical (unpaired) electrons. The summed E-state index contributed by atoms with van der Waals surface area (Å²) in [5, 5.41) is 14.0. The monoisotopic (exact) mass is 558 g/mol. The Morgan fingerprint density at radius 3 is 2.45 bits per heavy atom. The van der Waals surface area contributed by atoms with E-state index >= 15 is 0 Å². The highest BCUT2D eigenvalue weighted by Gasteiger charge is 2.47. The Morgan fingerprint density at radius 2 is 1.70 bits per heavy atom. The average Bonchev–Trinajstić information content (AvgIpc) is 3.41. The van der Waals surface area contributed by atoms with Crippen molar-refractivity contribution in [3.63, 3.8) is 0 Å². The third-order valence-electron chi connectivity index (χ3n) is 8.85. The predicted octanol–water partition coefficient (Wildman–Crippen LogP) is 4.70. The number of carboxylic acids is 1. The summed E-state index contributed by atoms with van der Waals surface area (Å²) in [6.07, 6.45) is 7.38. The first-order valence-corrected chi connectivity index (χ1v) is 14.3. The maximum absolute atomic E-state index is 12.3. The number of aromatic amines is 1. The van der Waals surface area contributed by atoms with Crippen LogP contribution in [0.5, 0.6) is 0 Å². The fourth-order valence-corrected chi connectivity index (χ4v) is 6.98. The fourth-order valence-electron chi connectivity index (χ4n) is 6.85. The standard InChI is InChI=1S/C29H31ClN8O2/c30-21-16-32-28-26(33-21)20(15-31-28)27-35-22(34-25-18-8-6-17(7-9-18)24(25)29(39)40)14-23(36-27)38-12-10-37(11-13-38)19-4-2-1-3-5-19/h1-5,14-18,24-25H,6-13H2,(H,31,32)(H,39,40)(H,34,35,36)/t17?,18?,24-,25?/m0/s1. The minimum Gasteiger partial charge on any atom is -0.481 e. The quantitative estimate of drug-likeness (QED) is 0.309. The van der Waals surface area contributed by atoms with Gasteiger partial charge >= 0.3 is 5.97 Å². The molecule has 3 saturated carbocycles. The number of rotatable bonds is 6. The molecule has 10 nitrogen and oxygen atoms in total. The van der Waals surface area contributed by atoms with E-state index in [0.717, 1.165) is 57.7 Å². The fraction of sp³-hybridized carbons (Fsp3) is 0.414. The zero-order chi connectivity index (χ0) is 27.2. The highest BCUT2D eigenvalue weighted by Crippen LogP contribution is 2.46. The highest BCUT2D eigenvalue weighted by atomic mass is 35.5. The zero-order valence-electron chi connectivity index (χ0n) is 22.0. The van der Waals surface area contributed by atoms with Crippen molar-refractivity contribution < 1.29 is 9.90 Å². The van der Waals surface area contributed by atoms with E-state index in [1.165, 1.54) is 11.9 Å². The summed E-state index contributed by atoms with van der Waals surface area (Å²) in [6.45, 7) is 3.34. The van der Waals surface area contributed by atoms with Crippen molar-refractivity contribution in [3.05, 3.63) is 53.9 Å². The number of aliphatic carboxylic acids is 1. The van der Waals surface area contributed by atoms with Crippen LogP contribution in [0.25, 0.3) is 22.6 Å². The van der Waals surface area contributed by atoms with E-state index < -0.39 is 11.9 Å². The van der Waals surface area contributed by atoms with Crippen LogP contribution in [0.2, 0.25) is 5.15 Å². The van der Waals surface area contributed by atoms with Gasteiger partial charge in [-0.25, -0.2) is 19.9 Å². The first-order chi connectivity index (χ1) is 19.5. The first kappa shape index (κ1) is 25.1. The van der Waals surface area contributed by atoms with Crippen LogP contribution in [0, 0.1) is 17.8 Å². The molecule has 1 aliphatic heterocycles. The van der Waals surface area contributed by atoms with E-state index in [-0.39, 0.29) is 12.0 Å². The van der Waals surface area contributed by atoms with Crippen molar-refractivity contribution in [2.75, 3.05) is 41.3 Å². The Labute approximate surface area is 236 Å². The SMILES string of the molecule is O=C(O)[C@H]1C2CCC(CC2)C1Nc1cc(N2CCN(c3ccccc3)CC2)nc(-c2c[nH]c3ncc(Cl)nc23)n1. The summed E-state index contributed by atoms with van der Waals surface area (Å²) in [4.78, 5) is 38.8. The second kappa shape index (κ2) is 10.2. The topological polar surface area (TPSA) is 123 Å². The molecule has 0 spiro atoms. The molecule has 2 atom stereocenters. The van der Waals surface area contributed by atoms with Gasteiger partial charge in [0.2, 0.25) is 0 Å². The van der Waals surface area contributed by atoms with Crippen molar-refractivity contribution >= 4 is 46.1 Å². The van der Waals surface area contributed by atoms with E-state index in [4.69, 9.17) is 21.6 Å². The molecule has 4 fully saturated rings. The number of nitrogens with one attached hydrogen (secondary N) is 2. The molecule has 3 aliphatic carbocycles. The van der Waals surface area contributed by atoms with Gasteiger partial charge in [-0.2, -0.15) is 0 Å². The molecule has 3 aromatic heterocycles. The van der Waals surface area contributed by atoms with Crippen LogP contribution in [0.4, 0.5) is 17.3 Å². The Bertz CT molecular complexity index is 1530. The van der Waals surface area contributed by atoms with Crippen LogP contribution >= 0.6 is 11.6 Å². The number of piperazine rings is 1. The predicted molar refractivity (Wildman–Crippen MR) is 155 cm³/mol. The molecule has 4 aliphatic rings. The van der Waals surface area contributed by atoms with Gasteiger partial charge < -0.3 is 25.2 Å². The van der Waals surface area contributed by atoms with Crippen LogP contribution in [-0.4, -0.2) is 68.2 Å². The number of carboxylic acid groups (broad SMARTS) is 1. The summed E-state index contributed by atoms with van der Waals surface area (Å²) in [5.74, 6) is 1.33. The van der Waals surface area contributed by atoms with Gasteiger partial charge in [-0.1, -0.05) is 29.8 Å². The van der Waals surface area contributed by atoms with E-state index in [1.807, 2.05) is 12.1 Å². The molecule has 11 heteroatoms.